The van der Waals surface area contributed by atoms with Crippen LogP contribution in [0.15, 0.2) is 30.3 Å². The van der Waals surface area contributed by atoms with Crippen LogP contribution in [-0.4, -0.2) is 24.4 Å². The summed E-state index contributed by atoms with van der Waals surface area (Å²) in [7, 11) is 0. The second-order valence-corrected chi connectivity index (χ2v) is 5.25. The van der Waals surface area contributed by atoms with Gasteiger partial charge in [-0.3, -0.25) is 0 Å². The van der Waals surface area contributed by atoms with E-state index in [0.29, 0.717) is 5.92 Å². The maximum atomic E-state index is 10.1. The van der Waals surface area contributed by atoms with Gasteiger partial charge in [0.05, 0.1) is 6.10 Å². The molecule has 1 aliphatic rings. The Kier molecular flexibility index (Phi) is 5.69. The maximum absolute atomic E-state index is 10.1. The molecule has 0 bridgehead atoms. The molecule has 0 spiro atoms. The van der Waals surface area contributed by atoms with Gasteiger partial charge in [-0.2, -0.15) is 0 Å². The Labute approximate surface area is 110 Å². The first-order chi connectivity index (χ1) is 8.86. The number of aliphatic hydroxyl groups excluding tert-OH is 1. The Hall–Kier alpha value is -0.860. The van der Waals surface area contributed by atoms with Crippen LogP contribution in [0.3, 0.4) is 0 Å². The third-order valence-electron chi connectivity index (χ3n) is 3.87. The van der Waals surface area contributed by atoms with Crippen molar-refractivity contribution >= 4 is 0 Å². The largest absolute Gasteiger partial charge is 0.393 e. The molecule has 1 N–H and O–H groups in total. The van der Waals surface area contributed by atoms with Gasteiger partial charge < -0.3 is 9.84 Å². The molecule has 1 heterocycles. The third-order valence-corrected chi connectivity index (χ3v) is 3.87. The molecule has 0 saturated carbocycles. The van der Waals surface area contributed by atoms with Gasteiger partial charge in [-0.25, -0.2) is 0 Å². The Balaban J connectivity index is 1.60. The molecule has 100 valence electrons. The topological polar surface area (TPSA) is 29.5 Å². The van der Waals surface area contributed by atoms with Crippen LogP contribution < -0.4 is 0 Å². The molecule has 1 atom stereocenters. The zero-order valence-electron chi connectivity index (χ0n) is 11.1. The van der Waals surface area contributed by atoms with Crippen LogP contribution in [0.25, 0.3) is 0 Å². The second kappa shape index (κ2) is 7.55. The molecule has 2 heteroatoms. The van der Waals surface area contributed by atoms with E-state index in [1.54, 1.807) is 0 Å². The van der Waals surface area contributed by atoms with E-state index in [4.69, 9.17) is 4.74 Å². The summed E-state index contributed by atoms with van der Waals surface area (Å²) < 4.78 is 5.32. The van der Waals surface area contributed by atoms with Crippen LogP contribution >= 0.6 is 0 Å². The van der Waals surface area contributed by atoms with Gasteiger partial charge in [-0.05, 0) is 43.6 Å². The van der Waals surface area contributed by atoms with Crippen molar-refractivity contribution < 1.29 is 9.84 Å². The van der Waals surface area contributed by atoms with Gasteiger partial charge in [0.2, 0.25) is 0 Å². The average molecular weight is 248 g/mol. The average Bonchev–Trinajstić information content (AvgIpc) is 2.45. The molecule has 1 aromatic rings. The molecule has 2 rings (SSSR count). The summed E-state index contributed by atoms with van der Waals surface area (Å²) in [5.74, 6) is 0.468. The van der Waals surface area contributed by atoms with Crippen molar-refractivity contribution in [1.82, 2.24) is 0 Å². The van der Waals surface area contributed by atoms with Gasteiger partial charge in [-0.1, -0.05) is 36.8 Å². The number of hydrogen-bond acceptors (Lipinski definition) is 2. The lowest BCUT2D eigenvalue weighted by atomic mass is 9.90. The zero-order chi connectivity index (χ0) is 12.6. The normalized spacial score (nSPS) is 18.7. The SMILES string of the molecule is O[C@@H](CCCCc1ccccc1)C1CCOCC1. The highest BCUT2D eigenvalue weighted by atomic mass is 16.5. The van der Waals surface area contributed by atoms with Gasteiger partial charge in [0.25, 0.3) is 0 Å². The molecule has 1 aliphatic heterocycles. The fourth-order valence-corrected chi connectivity index (χ4v) is 2.66. The highest BCUT2D eigenvalue weighted by Gasteiger charge is 2.21. The minimum Gasteiger partial charge on any atom is -0.393 e. The lowest BCUT2D eigenvalue weighted by molar-refractivity contribution is 0.00415. The van der Waals surface area contributed by atoms with Crippen molar-refractivity contribution in [3.63, 3.8) is 0 Å². The highest BCUT2D eigenvalue weighted by Crippen LogP contribution is 2.22. The molecule has 0 amide bonds. The second-order valence-electron chi connectivity index (χ2n) is 5.25. The molecule has 0 aliphatic carbocycles. The molecule has 0 aromatic heterocycles. The number of hydrogen-bond donors (Lipinski definition) is 1. The molecule has 1 aromatic carbocycles. The zero-order valence-corrected chi connectivity index (χ0v) is 11.1. The van der Waals surface area contributed by atoms with Crippen molar-refractivity contribution in [1.29, 1.82) is 0 Å². The summed E-state index contributed by atoms with van der Waals surface area (Å²) in [6.07, 6.45) is 6.29. The van der Waals surface area contributed by atoms with Crippen LogP contribution in [0, 0.1) is 5.92 Å². The summed E-state index contributed by atoms with van der Waals surface area (Å²) in [6.45, 7) is 1.65. The van der Waals surface area contributed by atoms with Crippen LogP contribution in [0.5, 0.6) is 0 Å². The number of benzene rings is 1. The van der Waals surface area contributed by atoms with E-state index in [0.717, 1.165) is 45.3 Å². The van der Waals surface area contributed by atoms with Crippen molar-refractivity contribution in [2.24, 2.45) is 5.92 Å². The Morgan fingerprint density at radius 1 is 1.11 bits per heavy atom. The first kappa shape index (κ1) is 13.6. The third kappa shape index (κ3) is 4.43. The summed E-state index contributed by atoms with van der Waals surface area (Å²) >= 11 is 0. The number of aryl methyl sites for hydroxylation is 1. The number of ether oxygens (including phenoxy) is 1. The summed E-state index contributed by atoms with van der Waals surface area (Å²) in [5.41, 5.74) is 1.40. The molecular formula is C16H24O2. The van der Waals surface area contributed by atoms with Crippen LogP contribution in [0.4, 0.5) is 0 Å². The molecular weight excluding hydrogens is 224 g/mol. The summed E-state index contributed by atoms with van der Waals surface area (Å²) in [5, 5.41) is 10.1. The predicted octanol–water partition coefficient (Wildman–Crippen LogP) is 3.19. The highest BCUT2D eigenvalue weighted by molar-refractivity contribution is 5.14. The van der Waals surface area contributed by atoms with Crippen LogP contribution in [0.2, 0.25) is 0 Å². The molecule has 1 saturated heterocycles. The van der Waals surface area contributed by atoms with Gasteiger partial charge >= 0.3 is 0 Å². The first-order valence-corrected chi connectivity index (χ1v) is 7.16. The summed E-state index contributed by atoms with van der Waals surface area (Å²) in [6, 6.07) is 10.6. The van der Waals surface area contributed by atoms with Gasteiger partial charge in [0.1, 0.15) is 0 Å². The smallest absolute Gasteiger partial charge is 0.0570 e. The van der Waals surface area contributed by atoms with Crippen molar-refractivity contribution in [2.45, 2.75) is 44.6 Å². The Morgan fingerprint density at radius 3 is 2.56 bits per heavy atom. The Bertz CT molecular complexity index is 317. The fraction of sp³-hybridized carbons (Fsp3) is 0.625. The van der Waals surface area contributed by atoms with E-state index in [2.05, 4.69) is 30.3 Å². The first-order valence-electron chi connectivity index (χ1n) is 7.16. The van der Waals surface area contributed by atoms with Crippen molar-refractivity contribution in [3.8, 4) is 0 Å². The van der Waals surface area contributed by atoms with E-state index < -0.39 is 0 Å². The quantitative estimate of drug-likeness (QED) is 0.783. The van der Waals surface area contributed by atoms with E-state index in [-0.39, 0.29) is 6.10 Å². The number of rotatable bonds is 6. The summed E-state index contributed by atoms with van der Waals surface area (Å²) in [4.78, 5) is 0. The van der Waals surface area contributed by atoms with E-state index in [1.807, 2.05) is 0 Å². The number of aliphatic hydroxyl groups is 1. The van der Waals surface area contributed by atoms with Gasteiger partial charge in [0, 0.05) is 13.2 Å². The maximum Gasteiger partial charge on any atom is 0.0570 e. The fourth-order valence-electron chi connectivity index (χ4n) is 2.66. The van der Waals surface area contributed by atoms with E-state index in [9.17, 15) is 5.11 Å². The molecule has 1 fully saturated rings. The van der Waals surface area contributed by atoms with Crippen LogP contribution in [-0.2, 0) is 11.2 Å². The minimum atomic E-state index is -0.121. The molecule has 18 heavy (non-hydrogen) atoms. The lowest BCUT2D eigenvalue weighted by Gasteiger charge is -2.26. The predicted molar refractivity (Wildman–Crippen MR) is 73.5 cm³/mol. The number of unbranched alkanes of at least 4 members (excludes halogenated alkanes) is 1. The van der Waals surface area contributed by atoms with Crippen molar-refractivity contribution in [3.05, 3.63) is 35.9 Å². The van der Waals surface area contributed by atoms with Gasteiger partial charge in [-0.15, -0.1) is 0 Å². The molecule has 0 radical (unpaired) electrons. The van der Waals surface area contributed by atoms with E-state index in [1.165, 1.54) is 12.0 Å². The van der Waals surface area contributed by atoms with E-state index >= 15 is 0 Å². The van der Waals surface area contributed by atoms with Gasteiger partial charge in [0.15, 0.2) is 0 Å². The molecule has 2 nitrogen and oxygen atoms in total. The minimum absolute atomic E-state index is 0.121. The monoisotopic (exact) mass is 248 g/mol. The Morgan fingerprint density at radius 2 is 1.83 bits per heavy atom. The lowest BCUT2D eigenvalue weighted by Crippen LogP contribution is -2.27. The molecule has 0 unspecified atom stereocenters. The van der Waals surface area contributed by atoms with Crippen molar-refractivity contribution in [2.75, 3.05) is 13.2 Å². The van der Waals surface area contributed by atoms with Crippen LogP contribution in [0.1, 0.15) is 37.7 Å². The standard InChI is InChI=1S/C16H24O2/c17-16(15-10-12-18-13-11-15)9-5-4-8-14-6-2-1-3-7-14/h1-3,6-7,15-17H,4-5,8-13H2/t16-/m0/s1.